The average Bonchev–Trinajstić information content (AvgIpc) is 2.27. The second-order valence-electron chi connectivity index (χ2n) is 4.91. The first kappa shape index (κ1) is 15.0. The van der Waals surface area contributed by atoms with E-state index in [0.29, 0.717) is 12.3 Å². The van der Waals surface area contributed by atoms with Crippen LogP contribution in [0, 0.1) is 0 Å². The van der Waals surface area contributed by atoms with Gasteiger partial charge in [-0.25, -0.2) is 0 Å². The van der Waals surface area contributed by atoms with Gasteiger partial charge in [0.25, 0.3) is 0 Å². The highest BCUT2D eigenvalue weighted by Crippen LogP contribution is 2.23. The average molecular weight is 259 g/mol. The molecule has 1 nitrogen and oxygen atoms in total. The SMILES string of the molecule is CNC(Cc1ccc(C(C)C)cc1)CC(F)(F)F. The molecule has 1 aromatic carbocycles. The Morgan fingerprint density at radius 1 is 1.11 bits per heavy atom. The van der Waals surface area contributed by atoms with Crippen molar-refractivity contribution in [2.45, 2.75) is 44.8 Å². The molecule has 0 fully saturated rings. The maximum atomic E-state index is 12.3. The summed E-state index contributed by atoms with van der Waals surface area (Å²) in [5.41, 5.74) is 2.14. The van der Waals surface area contributed by atoms with Crippen molar-refractivity contribution >= 4 is 0 Å². The second kappa shape index (κ2) is 6.23. The van der Waals surface area contributed by atoms with Crippen molar-refractivity contribution in [2.75, 3.05) is 7.05 Å². The van der Waals surface area contributed by atoms with Crippen molar-refractivity contribution < 1.29 is 13.2 Å². The van der Waals surface area contributed by atoms with Crippen LogP contribution in [0.25, 0.3) is 0 Å². The van der Waals surface area contributed by atoms with Gasteiger partial charge >= 0.3 is 6.18 Å². The van der Waals surface area contributed by atoms with Gasteiger partial charge in [0.15, 0.2) is 0 Å². The Balaban J connectivity index is 2.65. The van der Waals surface area contributed by atoms with E-state index in [1.165, 1.54) is 5.56 Å². The lowest BCUT2D eigenvalue weighted by molar-refractivity contribution is -0.139. The second-order valence-corrected chi connectivity index (χ2v) is 4.91. The number of likely N-dealkylation sites (N-methyl/N-ethyl adjacent to an activating group) is 1. The number of rotatable bonds is 5. The highest BCUT2D eigenvalue weighted by atomic mass is 19.4. The largest absolute Gasteiger partial charge is 0.390 e. The molecular weight excluding hydrogens is 239 g/mol. The van der Waals surface area contributed by atoms with E-state index >= 15 is 0 Å². The molecule has 4 heteroatoms. The molecule has 0 radical (unpaired) electrons. The fourth-order valence-electron chi connectivity index (χ4n) is 1.88. The molecule has 0 aliphatic rings. The van der Waals surface area contributed by atoms with Crippen molar-refractivity contribution in [3.8, 4) is 0 Å². The van der Waals surface area contributed by atoms with Gasteiger partial charge in [-0.3, -0.25) is 0 Å². The first-order valence-electron chi connectivity index (χ1n) is 6.14. The van der Waals surface area contributed by atoms with Gasteiger partial charge in [0, 0.05) is 6.04 Å². The van der Waals surface area contributed by atoms with Gasteiger partial charge in [-0.05, 0) is 30.5 Å². The maximum Gasteiger partial charge on any atom is 0.390 e. The fraction of sp³-hybridized carbons (Fsp3) is 0.571. The third-order valence-electron chi connectivity index (χ3n) is 3.01. The maximum absolute atomic E-state index is 12.3. The molecule has 0 saturated heterocycles. The lowest BCUT2D eigenvalue weighted by atomic mass is 9.98. The Labute approximate surface area is 106 Å². The van der Waals surface area contributed by atoms with Crippen molar-refractivity contribution in [1.29, 1.82) is 0 Å². The van der Waals surface area contributed by atoms with Gasteiger partial charge in [0.2, 0.25) is 0 Å². The van der Waals surface area contributed by atoms with E-state index in [4.69, 9.17) is 0 Å². The number of nitrogens with one attached hydrogen (secondary N) is 1. The van der Waals surface area contributed by atoms with E-state index in [2.05, 4.69) is 19.2 Å². The molecule has 1 unspecified atom stereocenters. The Morgan fingerprint density at radius 3 is 2.06 bits per heavy atom. The molecule has 0 aromatic heterocycles. The Bertz CT molecular complexity index is 354. The van der Waals surface area contributed by atoms with E-state index in [9.17, 15) is 13.2 Å². The molecule has 0 amide bonds. The predicted molar refractivity (Wildman–Crippen MR) is 67.8 cm³/mol. The van der Waals surface area contributed by atoms with Gasteiger partial charge in [-0.2, -0.15) is 13.2 Å². The molecule has 0 spiro atoms. The molecule has 0 saturated carbocycles. The monoisotopic (exact) mass is 259 g/mol. The number of alkyl halides is 3. The van der Waals surface area contributed by atoms with Crippen molar-refractivity contribution in [1.82, 2.24) is 5.32 Å². The minimum Gasteiger partial charge on any atom is -0.316 e. The van der Waals surface area contributed by atoms with Gasteiger partial charge in [0.05, 0.1) is 6.42 Å². The molecule has 1 rings (SSSR count). The highest BCUT2D eigenvalue weighted by molar-refractivity contribution is 5.25. The topological polar surface area (TPSA) is 12.0 Å². The van der Waals surface area contributed by atoms with E-state index < -0.39 is 18.6 Å². The molecule has 1 N–H and O–H groups in total. The third-order valence-corrected chi connectivity index (χ3v) is 3.01. The van der Waals surface area contributed by atoms with Crippen LogP contribution in [-0.2, 0) is 6.42 Å². The van der Waals surface area contributed by atoms with E-state index in [0.717, 1.165) is 5.56 Å². The lowest BCUT2D eigenvalue weighted by Crippen LogP contribution is -2.32. The summed E-state index contributed by atoms with van der Waals surface area (Å²) in [7, 11) is 1.57. The van der Waals surface area contributed by atoms with E-state index in [-0.39, 0.29) is 0 Å². The molecule has 0 aliphatic heterocycles. The number of hydrogen-bond acceptors (Lipinski definition) is 1. The molecule has 1 atom stereocenters. The van der Waals surface area contributed by atoms with Crippen LogP contribution in [-0.4, -0.2) is 19.3 Å². The number of halogens is 3. The Hall–Kier alpha value is -1.03. The third kappa shape index (κ3) is 5.08. The summed E-state index contributed by atoms with van der Waals surface area (Å²) in [6.07, 6.45) is -4.52. The predicted octanol–water partition coefficient (Wildman–Crippen LogP) is 3.89. The van der Waals surface area contributed by atoms with Crippen LogP contribution < -0.4 is 5.32 Å². The van der Waals surface area contributed by atoms with Crippen molar-refractivity contribution in [2.24, 2.45) is 0 Å². The molecule has 1 aromatic rings. The summed E-state index contributed by atoms with van der Waals surface area (Å²) in [5.74, 6) is 0.439. The highest BCUT2D eigenvalue weighted by Gasteiger charge is 2.31. The van der Waals surface area contributed by atoms with Gasteiger partial charge < -0.3 is 5.32 Å². The summed E-state index contributed by atoms with van der Waals surface area (Å²) < 4.78 is 37.0. The van der Waals surface area contributed by atoms with Crippen LogP contribution in [0.4, 0.5) is 13.2 Å². The number of hydrogen-bond donors (Lipinski definition) is 1. The summed E-state index contributed by atoms with van der Waals surface area (Å²) in [5, 5.41) is 2.72. The minimum absolute atomic E-state index is 0.397. The zero-order valence-corrected chi connectivity index (χ0v) is 11.0. The summed E-state index contributed by atoms with van der Waals surface area (Å²) in [6, 6.07) is 7.24. The summed E-state index contributed by atoms with van der Waals surface area (Å²) in [4.78, 5) is 0. The molecule has 0 aliphatic carbocycles. The standard InChI is InChI=1S/C14H20F3N/c1-10(2)12-6-4-11(5-7-12)8-13(18-3)9-14(15,16)17/h4-7,10,13,18H,8-9H2,1-3H3. The minimum atomic E-state index is -4.12. The summed E-state index contributed by atoms with van der Waals surface area (Å²) >= 11 is 0. The van der Waals surface area contributed by atoms with Crippen LogP contribution in [0.15, 0.2) is 24.3 Å². The quantitative estimate of drug-likeness (QED) is 0.845. The van der Waals surface area contributed by atoms with Gasteiger partial charge in [-0.1, -0.05) is 38.1 Å². The molecular formula is C14H20F3N. The van der Waals surface area contributed by atoms with Crippen LogP contribution in [0.3, 0.4) is 0 Å². The van der Waals surface area contributed by atoms with Gasteiger partial charge in [-0.15, -0.1) is 0 Å². The summed E-state index contributed by atoms with van der Waals surface area (Å²) in [6.45, 7) is 4.18. The van der Waals surface area contributed by atoms with Crippen LogP contribution >= 0.6 is 0 Å². The molecule has 0 heterocycles. The zero-order valence-electron chi connectivity index (χ0n) is 11.0. The lowest BCUT2D eigenvalue weighted by Gasteiger charge is -2.18. The van der Waals surface area contributed by atoms with E-state index in [1.807, 2.05) is 24.3 Å². The molecule has 102 valence electrons. The molecule has 0 bridgehead atoms. The zero-order chi connectivity index (χ0) is 13.8. The smallest absolute Gasteiger partial charge is 0.316 e. The van der Waals surface area contributed by atoms with Crippen molar-refractivity contribution in [3.05, 3.63) is 35.4 Å². The first-order chi connectivity index (χ1) is 8.31. The van der Waals surface area contributed by atoms with Gasteiger partial charge in [0.1, 0.15) is 0 Å². The molecule has 18 heavy (non-hydrogen) atoms. The van der Waals surface area contributed by atoms with Crippen LogP contribution in [0.1, 0.15) is 37.3 Å². The van der Waals surface area contributed by atoms with Crippen LogP contribution in [0.2, 0.25) is 0 Å². The van der Waals surface area contributed by atoms with Crippen molar-refractivity contribution in [3.63, 3.8) is 0 Å². The Morgan fingerprint density at radius 2 is 1.67 bits per heavy atom. The number of benzene rings is 1. The fourth-order valence-corrected chi connectivity index (χ4v) is 1.88. The first-order valence-corrected chi connectivity index (χ1v) is 6.14. The van der Waals surface area contributed by atoms with E-state index in [1.54, 1.807) is 7.05 Å². The van der Waals surface area contributed by atoms with Crippen LogP contribution in [0.5, 0.6) is 0 Å². The normalized spacial score (nSPS) is 13.9. The Kier molecular flexibility index (Phi) is 5.20.